The highest BCUT2D eigenvalue weighted by molar-refractivity contribution is 6.03. The van der Waals surface area contributed by atoms with Gasteiger partial charge in [0.25, 0.3) is 0 Å². The molecule has 8 aromatic carbocycles. The first-order chi connectivity index (χ1) is 46.2. The van der Waals surface area contributed by atoms with Crippen molar-refractivity contribution < 1.29 is 0 Å². The van der Waals surface area contributed by atoms with Gasteiger partial charge in [0.05, 0.1) is 16.7 Å². The van der Waals surface area contributed by atoms with E-state index in [4.69, 9.17) is 9.97 Å². The van der Waals surface area contributed by atoms with Gasteiger partial charge >= 0.3 is 0 Å². The molecule has 0 spiro atoms. The Hall–Kier alpha value is -7.68. The first-order valence-electron chi connectivity index (χ1n) is 37.4. The van der Waals surface area contributed by atoms with Crippen LogP contribution in [0.4, 0.5) is 0 Å². The van der Waals surface area contributed by atoms with Crippen molar-refractivity contribution in [2.45, 2.75) is 232 Å². The SMILES string of the molecule is CCCCCCCCC1(CCCCCCCC)c2cc(C)ccc2-c2ccc(-c3cc(-c4ccc5c(c4)C(CCCCCCCC)(CCCCCCCC)c4cc(-c6ccc(/C=C/c7ccc(C)cc7)cc6)ccc4-5)cc(-c4ccc5ccc6cccnc6c5n4)c3)cc21. The number of unbranched alkanes of at least 4 members (excludes halogenated alkanes) is 20. The molecule has 0 radical (unpaired) electrons. The molecular weight excluding hydrogens is 1130 g/mol. The summed E-state index contributed by atoms with van der Waals surface area (Å²) in [6.45, 7) is 13.8. The van der Waals surface area contributed by atoms with Crippen molar-refractivity contribution >= 4 is 34.0 Å². The Morgan fingerprint density at radius 2 is 0.660 bits per heavy atom. The van der Waals surface area contributed by atoms with Crippen molar-refractivity contribution in [3.05, 3.63) is 227 Å². The van der Waals surface area contributed by atoms with Crippen LogP contribution in [-0.4, -0.2) is 9.97 Å². The first-order valence-corrected chi connectivity index (χ1v) is 37.4. The average Bonchev–Trinajstić information content (AvgIpc) is 1.57. The molecule has 2 heterocycles. The summed E-state index contributed by atoms with van der Waals surface area (Å²) in [7, 11) is 0. The molecule has 0 N–H and O–H groups in total. The molecule has 10 aromatic rings. The van der Waals surface area contributed by atoms with E-state index in [1.54, 1.807) is 11.1 Å². The van der Waals surface area contributed by atoms with Gasteiger partial charge in [-0.05, 0) is 177 Å². The summed E-state index contributed by atoms with van der Waals surface area (Å²) in [6.07, 6.45) is 42.3. The van der Waals surface area contributed by atoms with E-state index in [2.05, 4.69) is 224 Å². The molecule has 0 saturated heterocycles. The second-order valence-electron chi connectivity index (χ2n) is 28.6. The second kappa shape index (κ2) is 31.7. The molecule has 2 aliphatic carbocycles. The van der Waals surface area contributed by atoms with Crippen molar-refractivity contribution in [1.29, 1.82) is 0 Å². The Labute approximate surface area is 566 Å². The largest absolute Gasteiger partial charge is 0.254 e. The number of nitrogens with zero attached hydrogens (tertiary/aromatic N) is 2. The Morgan fingerprint density at radius 1 is 0.298 bits per heavy atom. The van der Waals surface area contributed by atoms with Crippen LogP contribution in [0.3, 0.4) is 0 Å². The summed E-state index contributed by atoms with van der Waals surface area (Å²) in [4.78, 5) is 10.6. The molecule has 2 aromatic heterocycles. The highest BCUT2D eigenvalue weighted by Gasteiger charge is 2.44. The maximum absolute atomic E-state index is 5.61. The van der Waals surface area contributed by atoms with Crippen LogP contribution in [0.25, 0.3) is 101 Å². The number of fused-ring (bicyclic) bond motifs is 9. The van der Waals surface area contributed by atoms with E-state index in [1.807, 2.05) is 12.3 Å². The Kier molecular flexibility index (Phi) is 22.4. The molecule has 0 unspecified atom stereocenters. The predicted molar refractivity (Wildman–Crippen MR) is 408 cm³/mol. The van der Waals surface area contributed by atoms with E-state index in [9.17, 15) is 0 Å². The zero-order valence-corrected chi connectivity index (χ0v) is 58.2. The molecule has 0 bridgehead atoms. The normalized spacial score (nSPS) is 13.5. The van der Waals surface area contributed by atoms with Gasteiger partial charge in [-0.3, -0.25) is 4.98 Å². The van der Waals surface area contributed by atoms with Crippen LogP contribution in [0.15, 0.2) is 182 Å². The predicted octanol–water partition coefficient (Wildman–Crippen LogP) is 27.8. The van der Waals surface area contributed by atoms with Crippen LogP contribution in [0.2, 0.25) is 0 Å². The number of aryl methyl sites for hydroxylation is 2. The lowest BCUT2D eigenvalue weighted by Crippen LogP contribution is -2.25. The summed E-state index contributed by atoms with van der Waals surface area (Å²) in [5.74, 6) is 0. The monoisotopic (exact) mass is 1240 g/mol. The Balaban J connectivity index is 0.992. The van der Waals surface area contributed by atoms with Gasteiger partial charge in [0.2, 0.25) is 0 Å². The maximum atomic E-state index is 5.61. The van der Waals surface area contributed by atoms with Crippen molar-refractivity contribution in [3.63, 3.8) is 0 Å². The molecule has 0 fully saturated rings. The number of aromatic nitrogens is 2. The number of pyridine rings is 2. The fourth-order valence-corrected chi connectivity index (χ4v) is 16.4. The van der Waals surface area contributed by atoms with Crippen molar-refractivity contribution in [2.75, 3.05) is 0 Å². The van der Waals surface area contributed by atoms with E-state index in [-0.39, 0.29) is 10.8 Å². The van der Waals surface area contributed by atoms with Crippen LogP contribution in [0, 0.1) is 13.8 Å². The fourth-order valence-electron chi connectivity index (χ4n) is 16.4. The Morgan fingerprint density at radius 3 is 1.13 bits per heavy atom. The van der Waals surface area contributed by atoms with Crippen molar-refractivity contribution in [2.24, 2.45) is 0 Å². The molecular formula is C92H106N2. The Bertz CT molecular complexity index is 4140. The zero-order chi connectivity index (χ0) is 64.7. The number of hydrogen-bond donors (Lipinski definition) is 0. The summed E-state index contributed by atoms with van der Waals surface area (Å²) < 4.78 is 0. The lowest BCUT2D eigenvalue weighted by Gasteiger charge is -2.33. The van der Waals surface area contributed by atoms with Crippen LogP contribution in [0.1, 0.15) is 252 Å². The summed E-state index contributed by atoms with van der Waals surface area (Å²) >= 11 is 0. The molecule has 484 valence electrons. The number of rotatable bonds is 34. The minimum absolute atomic E-state index is 0.0243. The van der Waals surface area contributed by atoms with Gasteiger partial charge in [0.15, 0.2) is 0 Å². The third kappa shape index (κ3) is 14.9. The fraction of sp³-hybridized carbons (Fsp3) is 0.391. The molecule has 94 heavy (non-hydrogen) atoms. The van der Waals surface area contributed by atoms with Gasteiger partial charge in [0.1, 0.15) is 0 Å². The molecule has 2 heteroatoms. The zero-order valence-electron chi connectivity index (χ0n) is 58.2. The van der Waals surface area contributed by atoms with Crippen LogP contribution < -0.4 is 0 Å². The first kappa shape index (κ1) is 66.3. The molecule has 0 atom stereocenters. The van der Waals surface area contributed by atoms with Gasteiger partial charge in [-0.25, -0.2) is 4.98 Å². The van der Waals surface area contributed by atoms with Crippen molar-refractivity contribution in [3.8, 4) is 66.9 Å². The molecule has 2 nitrogen and oxygen atoms in total. The average molecular weight is 1240 g/mol. The summed E-state index contributed by atoms with van der Waals surface area (Å²) in [6, 6.07) is 69.0. The molecule has 12 rings (SSSR count). The van der Waals surface area contributed by atoms with Gasteiger partial charge in [-0.1, -0.05) is 332 Å². The van der Waals surface area contributed by atoms with E-state index in [0.29, 0.717) is 0 Å². The van der Waals surface area contributed by atoms with Gasteiger partial charge in [-0.2, -0.15) is 0 Å². The highest BCUT2D eigenvalue weighted by atomic mass is 14.8. The topological polar surface area (TPSA) is 25.8 Å². The minimum atomic E-state index is -0.111. The number of hydrogen-bond acceptors (Lipinski definition) is 2. The van der Waals surface area contributed by atoms with Crippen LogP contribution in [0.5, 0.6) is 0 Å². The van der Waals surface area contributed by atoms with Crippen LogP contribution >= 0.6 is 0 Å². The molecule has 2 aliphatic rings. The van der Waals surface area contributed by atoms with Crippen LogP contribution in [-0.2, 0) is 10.8 Å². The van der Waals surface area contributed by atoms with Crippen molar-refractivity contribution in [1.82, 2.24) is 9.97 Å². The quantitative estimate of drug-likeness (QED) is 0.0228. The molecule has 0 amide bonds. The van der Waals surface area contributed by atoms with Gasteiger partial charge < -0.3 is 0 Å². The minimum Gasteiger partial charge on any atom is -0.254 e. The standard InChI is InChI=1S/C92H106N2/c1-7-11-15-19-23-27-55-91(56-28-24-20-16-12-8-2)84-60-68(6)35-50-80(84)81-52-47-75(65-86(81)91)77-61-78(63-79(62-77)88-54-49-73-45-44-72-32-31-59-93-89(72)90(73)94-88)76-48-53-83-82-51-46-74(71-42-40-70(41-43-71)39-38-69-36-33-67(5)34-37-69)64-85(82)92(87(83)66-76,57-29-25-21-17-13-9-3)58-30-26-22-18-14-10-4/h31-54,59-66H,7-30,55-58H2,1-6H3/b39-38+. The second-order valence-corrected chi connectivity index (χ2v) is 28.6. The van der Waals surface area contributed by atoms with E-state index < -0.39 is 0 Å². The summed E-state index contributed by atoms with van der Waals surface area (Å²) in [5, 5.41) is 2.23. The number of benzene rings is 8. The summed E-state index contributed by atoms with van der Waals surface area (Å²) in [5.41, 5.74) is 28.6. The third-order valence-electron chi connectivity index (χ3n) is 21.8. The van der Waals surface area contributed by atoms with Gasteiger partial charge in [-0.15, -0.1) is 0 Å². The van der Waals surface area contributed by atoms with E-state index in [1.165, 1.54) is 256 Å². The van der Waals surface area contributed by atoms with E-state index in [0.717, 1.165) is 45.9 Å². The lowest BCUT2D eigenvalue weighted by molar-refractivity contribution is 0.398. The smallest absolute Gasteiger partial charge is 0.0972 e. The van der Waals surface area contributed by atoms with Gasteiger partial charge in [0, 0.05) is 33.4 Å². The lowest BCUT2D eigenvalue weighted by atomic mass is 9.69. The molecule has 0 aliphatic heterocycles. The maximum Gasteiger partial charge on any atom is 0.0972 e. The molecule has 0 saturated carbocycles. The third-order valence-corrected chi connectivity index (χ3v) is 21.8. The highest BCUT2D eigenvalue weighted by Crippen LogP contribution is 2.58. The van der Waals surface area contributed by atoms with E-state index >= 15 is 0 Å².